The van der Waals surface area contributed by atoms with Gasteiger partial charge in [0.05, 0.1) is 6.54 Å². The molecule has 1 heterocycles. The van der Waals surface area contributed by atoms with Crippen LogP contribution in [0.5, 0.6) is 0 Å². The Hall–Kier alpha value is -0.290. The van der Waals surface area contributed by atoms with E-state index in [1.165, 1.54) is 19.3 Å². The van der Waals surface area contributed by atoms with Gasteiger partial charge < -0.3 is 5.32 Å². The van der Waals surface area contributed by atoms with Gasteiger partial charge in [0.2, 0.25) is 0 Å². The van der Waals surface area contributed by atoms with Crippen molar-refractivity contribution in [3.05, 3.63) is 0 Å². The van der Waals surface area contributed by atoms with Gasteiger partial charge in [-0.1, -0.05) is 13.3 Å². The summed E-state index contributed by atoms with van der Waals surface area (Å²) in [5.41, 5.74) is 0. The largest absolute Gasteiger partial charge is 0.401 e. The van der Waals surface area contributed by atoms with Crippen LogP contribution in [0, 0.1) is 11.8 Å². The lowest BCUT2D eigenvalue weighted by Crippen LogP contribution is -2.44. The molecular weight excluding hydrogens is 241 g/mol. The Morgan fingerprint density at radius 1 is 1.28 bits per heavy atom. The summed E-state index contributed by atoms with van der Waals surface area (Å²) < 4.78 is 37.5. The fourth-order valence-corrected chi connectivity index (χ4v) is 3.59. The molecule has 0 aromatic heterocycles. The van der Waals surface area contributed by atoms with Crippen LogP contribution >= 0.6 is 0 Å². The second kappa shape index (κ2) is 5.78. The third kappa shape index (κ3) is 3.60. The third-order valence-electron chi connectivity index (χ3n) is 4.27. The van der Waals surface area contributed by atoms with Crippen molar-refractivity contribution in [1.82, 2.24) is 10.2 Å². The number of rotatable bonds is 5. The highest BCUT2D eigenvalue weighted by Crippen LogP contribution is 2.38. The molecule has 0 aromatic carbocycles. The molecule has 2 rings (SSSR count). The van der Waals surface area contributed by atoms with Crippen LogP contribution in [0.2, 0.25) is 0 Å². The summed E-state index contributed by atoms with van der Waals surface area (Å²) in [4.78, 5) is 1.57. The first-order chi connectivity index (χ1) is 8.49. The van der Waals surface area contributed by atoms with E-state index in [4.69, 9.17) is 0 Å². The standard InChI is InChI=1S/C13H23F3N2/c1-2-6-18(9-13(14,15)16)8-12-11-5-3-4-10(11)7-17-12/h10-12,17H,2-9H2,1H3. The third-order valence-corrected chi connectivity index (χ3v) is 4.27. The molecule has 0 amide bonds. The Morgan fingerprint density at radius 2 is 2.06 bits per heavy atom. The Bertz CT molecular complexity index is 267. The summed E-state index contributed by atoms with van der Waals surface area (Å²) in [6.45, 7) is 3.26. The van der Waals surface area contributed by atoms with Crippen LogP contribution in [0.15, 0.2) is 0 Å². The number of hydrogen-bond acceptors (Lipinski definition) is 2. The van der Waals surface area contributed by atoms with Crippen molar-refractivity contribution < 1.29 is 13.2 Å². The summed E-state index contributed by atoms with van der Waals surface area (Å²) in [5, 5.41) is 3.42. The van der Waals surface area contributed by atoms with E-state index in [2.05, 4.69) is 5.32 Å². The number of nitrogens with one attached hydrogen (secondary N) is 1. The molecule has 18 heavy (non-hydrogen) atoms. The predicted molar refractivity (Wildman–Crippen MR) is 65.4 cm³/mol. The topological polar surface area (TPSA) is 15.3 Å². The lowest BCUT2D eigenvalue weighted by Gasteiger charge is -2.28. The molecule has 1 saturated carbocycles. The highest BCUT2D eigenvalue weighted by atomic mass is 19.4. The molecule has 3 unspecified atom stereocenters. The van der Waals surface area contributed by atoms with Gasteiger partial charge in [-0.2, -0.15) is 13.2 Å². The molecule has 0 bridgehead atoms. The normalized spacial score (nSPS) is 32.2. The SMILES string of the molecule is CCCN(CC1NCC2CCCC21)CC(F)(F)F. The molecule has 5 heteroatoms. The van der Waals surface area contributed by atoms with Crippen LogP contribution in [-0.4, -0.2) is 43.3 Å². The van der Waals surface area contributed by atoms with Crippen molar-refractivity contribution >= 4 is 0 Å². The fourth-order valence-electron chi connectivity index (χ4n) is 3.59. The molecule has 106 valence electrons. The van der Waals surface area contributed by atoms with E-state index >= 15 is 0 Å². The Labute approximate surface area is 107 Å². The van der Waals surface area contributed by atoms with Crippen molar-refractivity contribution in [2.75, 3.05) is 26.2 Å². The van der Waals surface area contributed by atoms with E-state index in [9.17, 15) is 13.2 Å². The number of hydrogen-bond donors (Lipinski definition) is 1. The zero-order valence-electron chi connectivity index (χ0n) is 11.0. The molecule has 1 saturated heterocycles. The highest BCUT2D eigenvalue weighted by molar-refractivity contribution is 4.95. The molecule has 2 fully saturated rings. The first-order valence-electron chi connectivity index (χ1n) is 7.02. The molecule has 2 aliphatic rings. The fraction of sp³-hybridized carbons (Fsp3) is 1.00. The number of alkyl halides is 3. The van der Waals surface area contributed by atoms with Gasteiger partial charge in [-0.15, -0.1) is 0 Å². The van der Waals surface area contributed by atoms with Crippen LogP contribution in [0.1, 0.15) is 32.6 Å². The van der Waals surface area contributed by atoms with Gasteiger partial charge in [-0.05, 0) is 44.2 Å². The van der Waals surface area contributed by atoms with E-state index in [1.54, 1.807) is 4.90 Å². The van der Waals surface area contributed by atoms with Gasteiger partial charge >= 0.3 is 6.18 Å². The zero-order valence-corrected chi connectivity index (χ0v) is 11.0. The minimum absolute atomic E-state index is 0.270. The van der Waals surface area contributed by atoms with Gasteiger partial charge in [-0.3, -0.25) is 4.90 Å². The first-order valence-corrected chi connectivity index (χ1v) is 7.02. The molecule has 0 spiro atoms. The van der Waals surface area contributed by atoms with Crippen molar-refractivity contribution in [2.45, 2.75) is 44.8 Å². The molecule has 2 nitrogen and oxygen atoms in total. The first kappa shape index (κ1) is 14.1. The number of halogens is 3. The van der Waals surface area contributed by atoms with E-state index in [-0.39, 0.29) is 6.04 Å². The highest BCUT2D eigenvalue weighted by Gasteiger charge is 2.40. The van der Waals surface area contributed by atoms with Crippen LogP contribution in [0.25, 0.3) is 0 Å². The van der Waals surface area contributed by atoms with Crippen LogP contribution in [0.3, 0.4) is 0 Å². The average Bonchev–Trinajstić information content (AvgIpc) is 2.80. The van der Waals surface area contributed by atoms with Gasteiger partial charge in [0, 0.05) is 12.6 Å². The van der Waals surface area contributed by atoms with Crippen molar-refractivity contribution in [3.63, 3.8) is 0 Å². The van der Waals surface area contributed by atoms with E-state index < -0.39 is 12.7 Å². The minimum Gasteiger partial charge on any atom is -0.312 e. The molecule has 3 atom stereocenters. The van der Waals surface area contributed by atoms with Crippen LogP contribution < -0.4 is 5.32 Å². The number of fused-ring (bicyclic) bond motifs is 1. The lowest BCUT2D eigenvalue weighted by atomic mass is 9.94. The van der Waals surface area contributed by atoms with Gasteiger partial charge in [0.1, 0.15) is 0 Å². The Morgan fingerprint density at radius 3 is 2.72 bits per heavy atom. The predicted octanol–water partition coefficient (Wildman–Crippen LogP) is 2.65. The summed E-state index contributed by atoms with van der Waals surface area (Å²) >= 11 is 0. The molecule has 0 radical (unpaired) electrons. The van der Waals surface area contributed by atoms with Crippen molar-refractivity contribution in [3.8, 4) is 0 Å². The monoisotopic (exact) mass is 264 g/mol. The molecule has 1 aliphatic carbocycles. The maximum absolute atomic E-state index is 12.5. The summed E-state index contributed by atoms with van der Waals surface area (Å²) in [6, 6.07) is 0.270. The molecule has 0 aromatic rings. The summed E-state index contributed by atoms with van der Waals surface area (Å²) in [5.74, 6) is 1.32. The second-order valence-electron chi connectivity index (χ2n) is 5.72. The van der Waals surface area contributed by atoms with Crippen LogP contribution in [0.4, 0.5) is 13.2 Å². The average molecular weight is 264 g/mol. The second-order valence-corrected chi connectivity index (χ2v) is 5.72. The van der Waals surface area contributed by atoms with Crippen molar-refractivity contribution in [1.29, 1.82) is 0 Å². The maximum Gasteiger partial charge on any atom is 0.401 e. The quantitative estimate of drug-likeness (QED) is 0.821. The minimum atomic E-state index is -4.08. The maximum atomic E-state index is 12.5. The summed E-state index contributed by atoms with van der Waals surface area (Å²) in [6.07, 6.45) is 0.385. The van der Waals surface area contributed by atoms with Gasteiger partial charge in [-0.25, -0.2) is 0 Å². The molecule has 1 N–H and O–H groups in total. The van der Waals surface area contributed by atoms with E-state index in [0.29, 0.717) is 24.9 Å². The van der Waals surface area contributed by atoms with E-state index in [1.807, 2.05) is 6.92 Å². The smallest absolute Gasteiger partial charge is 0.312 e. The van der Waals surface area contributed by atoms with Gasteiger partial charge in [0.25, 0.3) is 0 Å². The molecule has 1 aliphatic heterocycles. The Kier molecular flexibility index (Phi) is 4.54. The lowest BCUT2D eigenvalue weighted by molar-refractivity contribution is -0.146. The molecular formula is C13H23F3N2. The number of nitrogens with zero attached hydrogens (tertiary/aromatic N) is 1. The zero-order chi connectivity index (χ0) is 13.2. The van der Waals surface area contributed by atoms with Crippen LogP contribution in [-0.2, 0) is 0 Å². The van der Waals surface area contributed by atoms with Gasteiger partial charge in [0.15, 0.2) is 0 Å². The Balaban J connectivity index is 1.88. The van der Waals surface area contributed by atoms with Crippen molar-refractivity contribution in [2.24, 2.45) is 11.8 Å². The van der Waals surface area contributed by atoms with E-state index in [0.717, 1.165) is 13.0 Å². The summed E-state index contributed by atoms with van der Waals surface area (Å²) in [7, 11) is 0.